The minimum absolute atomic E-state index is 0.0216. The van der Waals surface area contributed by atoms with E-state index in [4.69, 9.17) is 5.21 Å². The maximum atomic E-state index is 13.1. The highest BCUT2D eigenvalue weighted by molar-refractivity contribution is 6.07. The number of benzene rings is 1. The predicted molar refractivity (Wildman–Crippen MR) is 102 cm³/mol. The Morgan fingerprint density at radius 1 is 1.03 bits per heavy atom. The molecular formula is C22H15F6NO3. The van der Waals surface area contributed by atoms with Gasteiger partial charge in [0.15, 0.2) is 5.78 Å². The van der Waals surface area contributed by atoms with Gasteiger partial charge in [0.2, 0.25) is 0 Å². The molecule has 4 nitrogen and oxygen atoms in total. The van der Waals surface area contributed by atoms with E-state index in [1.807, 2.05) is 0 Å². The number of Topliss-reactive ketones (excluding diaryl/α,β-unsaturated/α-hetero) is 1. The number of hydrogen-bond acceptors (Lipinski definition) is 3. The largest absolute Gasteiger partial charge is 0.416 e. The number of carbonyl (C=O) groups is 2. The lowest BCUT2D eigenvalue weighted by Gasteiger charge is -2.24. The number of hydrogen-bond donors (Lipinski definition) is 2. The molecule has 1 atom stereocenters. The minimum Gasteiger partial charge on any atom is -0.293 e. The Kier molecular flexibility index (Phi) is 6.27. The molecule has 2 N–H and O–H groups in total. The van der Waals surface area contributed by atoms with Crippen LogP contribution in [0, 0.1) is 5.92 Å². The second kappa shape index (κ2) is 8.62. The number of amides is 1. The third kappa shape index (κ3) is 5.25. The SMILES string of the molecule is O=C(/C=C/C1=CCC2C(=O)/C(=C/c3cc(C(F)(F)F)cc(C(F)(F)F)c3)C=CC2=C1)NO. The van der Waals surface area contributed by atoms with Gasteiger partial charge in [0.25, 0.3) is 5.91 Å². The average Bonchev–Trinajstić information content (AvgIpc) is 2.72. The molecule has 0 bridgehead atoms. The van der Waals surface area contributed by atoms with Crippen molar-refractivity contribution in [1.29, 1.82) is 0 Å². The Morgan fingerprint density at radius 3 is 2.22 bits per heavy atom. The summed E-state index contributed by atoms with van der Waals surface area (Å²) in [4.78, 5) is 23.9. The molecule has 1 amide bonds. The van der Waals surface area contributed by atoms with Gasteiger partial charge in [0.1, 0.15) is 0 Å². The van der Waals surface area contributed by atoms with Crippen LogP contribution in [0.4, 0.5) is 26.3 Å². The van der Waals surface area contributed by atoms with Gasteiger partial charge in [-0.15, -0.1) is 0 Å². The van der Waals surface area contributed by atoms with Crippen LogP contribution in [0.2, 0.25) is 0 Å². The third-order valence-electron chi connectivity index (χ3n) is 4.85. The van der Waals surface area contributed by atoms with Crippen molar-refractivity contribution in [2.24, 2.45) is 5.92 Å². The average molecular weight is 455 g/mol. The zero-order valence-corrected chi connectivity index (χ0v) is 16.1. The second-order valence-electron chi connectivity index (χ2n) is 7.08. The maximum Gasteiger partial charge on any atom is 0.416 e. The zero-order chi connectivity index (χ0) is 23.7. The fraction of sp³-hybridized carbons (Fsp3) is 0.182. The van der Waals surface area contributed by atoms with E-state index in [2.05, 4.69) is 0 Å². The van der Waals surface area contributed by atoms with Crippen LogP contribution >= 0.6 is 0 Å². The third-order valence-corrected chi connectivity index (χ3v) is 4.85. The van der Waals surface area contributed by atoms with Gasteiger partial charge in [0.05, 0.1) is 17.0 Å². The summed E-state index contributed by atoms with van der Waals surface area (Å²) in [6.07, 6.45) is -0.108. The predicted octanol–water partition coefficient (Wildman–Crippen LogP) is 5.18. The number of rotatable bonds is 3. The highest BCUT2D eigenvalue weighted by atomic mass is 19.4. The Hall–Kier alpha value is -3.40. The van der Waals surface area contributed by atoms with Crippen molar-refractivity contribution < 1.29 is 41.1 Å². The van der Waals surface area contributed by atoms with E-state index in [1.165, 1.54) is 17.6 Å². The molecule has 0 fully saturated rings. The van der Waals surface area contributed by atoms with E-state index >= 15 is 0 Å². The van der Waals surface area contributed by atoms with Crippen LogP contribution < -0.4 is 5.48 Å². The number of fused-ring (bicyclic) bond motifs is 1. The van der Waals surface area contributed by atoms with Gasteiger partial charge in [-0.1, -0.05) is 24.3 Å². The monoisotopic (exact) mass is 455 g/mol. The first-order chi connectivity index (χ1) is 14.9. The van der Waals surface area contributed by atoms with Gasteiger partial charge in [0, 0.05) is 11.6 Å². The highest BCUT2D eigenvalue weighted by Crippen LogP contribution is 2.38. The highest BCUT2D eigenvalue weighted by Gasteiger charge is 2.37. The Morgan fingerprint density at radius 2 is 1.66 bits per heavy atom. The van der Waals surface area contributed by atoms with Crippen molar-refractivity contribution in [1.82, 2.24) is 5.48 Å². The lowest BCUT2D eigenvalue weighted by molar-refractivity contribution is -0.143. The summed E-state index contributed by atoms with van der Waals surface area (Å²) in [6, 6.07) is 1.15. The molecule has 10 heteroatoms. The van der Waals surface area contributed by atoms with Crippen LogP contribution in [0.1, 0.15) is 23.1 Å². The molecule has 0 heterocycles. The molecule has 0 saturated heterocycles. The Bertz CT molecular complexity index is 1070. The van der Waals surface area contributed by atoms with Crippen LogP contribution in [0.3, 0.4) is 0 Å². The molecule has 0 radical (unpaired) electrons. The number of nitrogens with one attached hydrogen (secondary N) is 1. The van der Waals surface area contributed by atoms with Gasteiger partial charge < -0.3 is 0 Å². The van der Waals surface area contributed by atoms with Crippen molar-refractivity contribution in [3.05, 3.63) is 88.1 Å². The quantitative estimate of drug-likeness (QED) is 0.286. The fourth-order valence-corrected chi connectivity index (χ4v) is 3.32. The molecule has 0 spiro atoms. The summed E-state index contributed by atoms with van der Waals surface area (Å²) < 4.78 is 78.3. The van der Waals surface area contributed by atoms with Gasteiger partial charge in [-0.3, -0.25) is 14.8 Å². The van der Waals surface area contributed by atoms with Crippen molar-refractivity contribution in [2.75, 3.05) is 0 Å². The van der Waals surface area contributed by atoms with Crippen LogP contribution in [0.5, 0.6) is 0 Å². The molecule has 32 heavy (non-hydrogen) atoms. The lowest BCUT2D eigenvalue weighted by atomic mass is 9.78. The van der Waals surface area contributed by atoms with E-state index in [-0.39, 0.29) is 18.1 Å². The normalized spacial score (nSPS) is 20.3. The van der Waals surface area contributed by atoms with Gasteiger partial charge in [-0.05, 0) is 53.5 Å². The van der Waals surface area contributed by atoms with E-state index in [1.54, 1.807) is 18.2 Å². The van der Waals surface area contributed by atoms with Gasteiger partial charge in [-0.25, -0.2) is 5.48 Å². The van der Waals surface area contributed by atoms with Crippen LogP contribution in [-0.2, 0) is 21.9 Å². The first-order valence-electron chi connectivity index (χ1n) is 9.16. The van der Waals surface area contributed by atoms with Crippen LogP contribution in [-0.4, -0.2) is 16.9 Å². The topological polar surface area (TPSA) is 66.4 Å². The minimum atomic E-state index is -4.98. The first kappa shape index (κ1) is 23.3. The number of alkyl halides is 6. The summed E-state index contributed by atoms with van der Waals surface area (Å²) in [5, 5.41) is 8.49. The number of allylic oxidation sites excluding steroid dienone is 8. The maximum absolute atomic E-state index is 13.1. The standard InChI is InChI=1S/C22H15F6NO3/c23-21(24,25)16-9-13(10-17(11-16)22(26,27)28)8-15-4-3-14-7-12(2-6-19(30)29-32)1-5-18(14)20(15)31/h1-4,6-11,18,32H,5H2,(H,29,30)/b6-2+,15-8+. The first-order valence-corrected chi connectivity index (χ1v) is 9.16. The Labute approximate surface area is 177 Å². The molecule has 2 aliphatic carbocycles. The number of ketones is 1. The van der Waals surface area contributed by atoms with Gasteiger partial charge in [-0.2, -0.15) is 26.3 Å². The smallest absolute Gasteiger partial charge is 0.293 e. The van der Waals surface area contributed by atoms with Crippen molar-refractivity contribution >= 4 is 17.8 Å². The van der Waals surface area contributed by atoms with E-state index in [0.717, 1.165) is 12.2 Å². The van der Waals surface area contributed by atoms with E-state index < -0.39 is 46.7 Å². The molecule has 168 valence electrons. The summed E-state index contributed by atoms with van der Waals surface area (Å²) in [6.45, 7) is 0. The molecule has 1 aromatic rings. The molecule has 1 unspecified atom stereocenters. The Balaban J connectivity index is 1.95. The summed E-state index contributed by atoms with van der Waals surface area (Å²) >= 11 is 0. The number of halogens is 6. The summed E-state index contributed by atoms with van der Waals surface area (Å²) in [5.74, 6) is -1.84. The lowest BCUT2D eigenvalue weighted by Crippen LogP contribution is -2.22. The summed E-state index contributed by atoms with van der Waals surface area (Å²) in [5.41, 5.74) is -0.727. The molecule has 0 aromatic heterocycles. The van der Waals surface area contributed by atoms with Crippen molar-refractivity contribution in [2.45, 2.75) is 18.8 Å². The molecule has 0 aliphatic heterocycles. The summed E-state index contributed by atoms with van der Waals surface area (Å²) in [7, 11) is 0. The molecule has 0 saturated carbocycles. The van der Waals surface area contributed by atoms with Crippen molar-refractivity contribution in [3.8, 4) is 0 Å². The molecular weight excluding hydrogens is 440 g/mol. The molecule has 1 aromatic carbocycles. The number of carbonyl (C=O) groups excluding carboxylic acids is 2. The van der Waals surface area contributed by atoms with Gasteiger partial charge >= 0.3 is 12.4 Å². The molecule has 2 aliphatic rings. The second-order valence-corrected chi connectivity index (χ2v) is 7.08. The van der Waals surface area contributed by atoms with Crippen molar-refractivity contribution in [3.63, 3.8) is 0 Å². The van der Waals surface area contributed by atoms with Crippen LogP contribution in [0.15, 0.2) is 71.4 Å². The van der Waals surface area contributed by atoms with E-state index in [9.17, 15) is 35.9 Å². The van der Waals surface area contributed by atoms with Crippen LogP contribution in [0.25, 0.3) is 6.08 Å². The number of hydroxylamine groups is 1. The zero-order valence-electron chi connectivity index (χ0n) is 16.1. The van der Waals surface area contributed by atoms with E-state index in [0.29, 0.717) is 23.3 Å². The molecule has 3 rings (SSSR count). The fourth-order valence-electron chi connectivity index (χ4n) is 3.32.